The molecule has 1 unspecified atom stereocenters. The van der Waals surface area contributed by atoms with E-state index in [-0.39, 0.29) is 13.1 Å². The molecule has 0 aliphatic carbocycles. The van der Waals surface area contributed by atoms with Crippen LogP contribution in [0.5, 0.6) is 0 Å². The van der Waals surface area contributed by atoms with Gasteiger partial charge >= 0.3 is 26.7 Å². The molecule has 16 heteroatoms. The van der Waals surface area contributed by atoms with Gasteiger partial charge in [0.2, 0.25) is 0 Å². The predicted octanol–water partition coefficient (Wildman–Crippen LogP) is 1.08. The van der Waals surface area contributed by atoms with Crippen LogP contribution >= 0.6 is 0 Å². The molecule has 0 aliphatic rings. The maximum Gasteiger partial charge on any atom is 0.512 e. The number of hydrogen-bond donors (Lipinski definition) is 2. The Hall–Kier alpha value is -0.710. The molecule has 1 atom stereocenters. The number of aliphatic hydroxyl groups is 1. The quantitative estimate of drug-likeness (QED) is 0.491. The van der Waals surface area contributed by atoms with Gasteiger partial charge in [-0.15, -0.1) is 0 Å². The third kappa shape index (κ3) is 5.64. The molecule has 26 heavy (non-hydrogen) atoms. The van der Waals surface area contributed by atoms with Crippen molar-refractivity contribution >= 4 is 20.0 Å². The standard InChI is InChI=1S/C10H17F7N2O5S2/c1-3-19(4-2)6-7(20)5-8(11,12)9(13,14)25(21,22)18-26(23,24)10(15,16)17/h7,18,20H,3-6H2,1-2H3. The zero-order chi connectivity index (χ0) is 21.2. The number of nitrogens with one attached hydrogen (secondary N) is 1. The number of alkyl halides is 7. The van der Waals surface area contributed by atoms with Crippen molar-refractivity contribution in [1.29, 1.82) is 0 Å². The Morgan fingerprint density at radius 3 is 1.69 bits per heavy atom. The van der Waals surface area contributed by atoms with Gasteiger partial charge in [-0.2, -0.15) is 30.7 Å². The van der Waals surface area contributed by atoms with E-state index in [0.29, 0.717) is 0 Å². The molecule has 158 valence electrons. The summed E-state index contributed by atoms with van der Waals surface area (Å²) in [4.78, 5) is 1.33. The first-order valence-electron chi connectivity index (χ1n) is 6.85. The van der Waals surface area contributed by atoms with Crippen molar-refractivity contribution in [2.45, 2.75) is 43.1 Å². The number of halogens is 7. The normalized spacial score (nSPS) is 16.1. The molecule has 0 heterocycles. The van der Waals surface area contributed by atoms with E-state index >= 15 is 0 Å². The summed E-state index contributed by atoms with van der Waals surface area (Å²) in [5, 5.41) is 3.19. The van der Waals surface area contributed by atoms with Crippen LogP contribution in [0.3, 0.4) is 0 Å². The first-order valence-corrected chi connectivity index (χ1v) is 9.81. The second-order valence-electron chi connectivity index (χ2n) is 5.10. The number of sulfonamides is 2. The lowest BCUT2D eigenvalue weighted by Gasteiger charge is -2.29. The summed E-state index contributed by atoms with van der Waals surface area (Å²) >= 11 is 0. The van der Waals surface area contributed by atoms with Gasteiger partial charge in [0.1, 0.15) is 0 Å². The number of nitrogens with zero attached hydrogens (tertiary/aromatic N) is 1. The minimum absolute atomic E-state index is 0.235. The smallest absolute Gasteiger partial charge is 0.392 e. The molecular weight excluding hydrogens is 425 g/mol. The lowest BCUT2D eigenvalue weighted by molar-refractivity contribution is -0.175. The Morgan fingerprint density at radius 2 is 1.35 bits per heavy atom. The van der Waals surface area contributed by atoms with Crippen molar-refractivity contribution in [3.8, 4) is 0 Å². The van der Waals surface area contributed by atoms with Crippen LogP contribution in [0.2, 0.25) is 0 Å². The molecule has 0 aromatic rings. The van der Waals surface area contributed by atoms with Gasteiger partial charge in [0.05, 0.1) is 6.10 Å². The van der Waals surface area contributed by atoms with E-state index in [9.17, 15) is 52.7 Å². The second kappa shape index (κ2) is 8.12. The molecule has 0 saturated heterocycles. The molecule has 0 amide bonds. The van der Waals surface area contributed by atoms with Gasteiger partial charge in [-0.1, -0.05) is 18.0 Å². The Morgan fingerprint density at radius 1 is 0.923 bits per heavy atom. The molecule has 0 fully saturated rings. The van der Waals surface area contributed by atoms with Gasteiger partial charge < -0.3 is 10.0 Å². The van der Waals surface area contributed by atoms with Gasteiger partial charge in [0.25, 0.3) is 10.0 Å². The molecule has 0 aromatic carbocycles. The molecule has 0 spiro atoms. The maximum atomic E-state index is 13.7. The van der Waals surface area contributed by atoms with Crippen molar-refractivity contribution in [2.24, 2.45) is 0 Å². The first kappa shape index (κ1) is 25.3. The number of likely N-dealkylation sites (N-methyl/N-ethyl adjacent to an activating group) is 1. The van der Waals surface area contributed by atoms with E-state index in [1.165, 1.54) is 4.90 Å². The largest absolute Gasteiger partial charge is 0.512 e. The van der Waals surface area contributed by atoms with Crippen LogP contribution in [0.1, 0.15) is 20.3 Å². The minimum Gasteiger partial charge on any atom is -0.392 e. The van der Waals surface area contributed by atoms with Crippen molar-refractivity contribution in [3.05, 3.63) is 0 Å². The lowest BCUT2D eigenvalue weighted by Crippen LogP contribution is -2.56. The topological polar surface area (TPSA) is 104 Å². The average Bonchev–Trinajstić information content (AvgIpc) is 2.41. The Bertz CT molecular complexity index is 674. The van der Waals surface area contributed by atoms with Gasteiger partial charge in [0, 0.05) is 13.0 Å². The van der Waals surface area contributed by atoms with Crippen LogP contribution in [-0.4, -0.2) is 69.3 Å². The van der Waals surface area contributed by atoms with E-state index in [4.69, 9.17) is 0 Å². The predicted molar refractivity (Wildman–Crippen MR) is 75.3 cm³/mol. The van der Waals surface area contributed by atoms with Crippen molar-refractivity contribution in [1.82, 2.24) is 9.03 Å². The highest BCUT2D eigenvalue weighted by atomic mass is 32.3. The van der Waals surface area contributed by atoms with Crippen LogP contribution in [-0.2, 0) is 20.0 Å². The van der Waals surface area contributed by atoms with E-state index in [1.54, 1.807) is 13.8 Å². The van der Waals surface area contributed by atoms with Gasteiger partial charge in [-0.25, -0.2) is 16.8 Å². The molecule has 2 N–H and O–H groups in total. The highest BCUT2D eigenvalue weighted by molar-refractivity contribution is 8.05. The summed E-state index contributed by atoms with van der Waals surface area (Å²) < 4.78 is 134. The SMILES string of the molecule is CCN(CC)CC(O)CC(F)(F)C(F)(F)S(=O)(=O)NS(=O)(=O)C(F)(F)F. The van der Waals surface area contributed by atoms with Crippen LogP contribution < -0.4 is 4.13 Å². The molecule has 7 nitrogen and oxygen atoms in total. The van der Waals surface area contributed by atoms with E-state index in [0.717, 1.165) is 0 Å². The number of aliphatic hydroxyl groups excluding tert-OH is 1. The van der Waals surface area contributed by atoms with Crippen LogP contribution in [0.4, 0.5) is 30.7 Å². The average molecular weight is 442 g/mol. The first-order chi connectivity index (χ1) is 11.3. The third-order valence-corrected chi connectivity index (χ3v) is 6.48. The lowest BCUT2D eigenvalue weighted by atomic mass is 10.1. The molecule has 0 aromatic heterocycles. The van der Waals surface area contributed by atoms with Crippen molar-refractivity contribution < 1.29 is 52.7 Å². The summed E-state index contributed by atoms with van der Waals surface area (Å²) in [6.07, 6.45) is -4.30. The van der Waals surface area contributed by atoms with Gasteiger partial charge in [-0.3, -0.25) is 0 Å². The van der Waals surface area contributed by atoms with Crippen LogP contribution in [0, 0.1) is 0 Å². The zero-order valence-corrected chi connectivity index (χ0v) is 15.0. The van der Waals surface area contributed by atoms with E-state index in [1.807, 2.05) is 0 Å². The molecule has 0 radical (unpaired) electrons. The summed E-state index contributed by atoms with van der Waals surface area (Å²) in [7, 11) is -13.9. The number of hydrogen-bond acceptors (Lipinski definition) is 6. The van der Waals surface area contributed by atoms with E-state index < -0.39 is 59.9 Å². The fourth-order valence-corrected chi connectivity index (χ4v) is 4.13. The third-order valence-electron chi connectivity index (χ3n) is 3.14. The summed E-state index contributed by atoms with van der Waals surface area (Å²) in [5.74, 6) is -5.56. The molecule has 0 bridgehead atoms. The number of rotatable bonds is 10. The molecule has 0 saturated carbocycles. The van der Waals surface area contributed by atoms with E-state index in [2.05, 4.69) is 0 Å². The molecular formula is C10H17F7N2O5S2. The van der Waals surface area contributed by atoms with Crippen LogP contribution in [0.25, 0.3) is 0 Å². The highest BCUT2D eigenvalue weighted by Gasteiger charge is 2.68. The monoisotopic (exact) mass is 442 g/mol. The minimum atomic E-state index is -7.01. The molecule has 0 rings (SSSR count). The fraction of sp³-hybridized carbons (Fsp3) is 1.00. The highest BCUT2D eigenvalue weighted by Crippen LogP contribution is 2.42. The van der Waals surface area contributed by atoms with Crippen LogP contribution in [0.15, 0.2) is 0 Å². The fourth-order valence-electron chi connectivity index (χ4n) is 1.70. The zero-order valence-electron chi connectivity index (χ0n) is 13.4. The second-order valence-corrected chi connectivity index (χ2v) is 8.76. The maximum absolute atomic E-state index is 13.7. The Labute approximate surface area is 145 Å². The Balaban J connectivity index is 5.56. The molecule has 0 aliphatic heterocycles. The van der Waals surface area contributed by atoms with Gasteiger partial charge in [0.15, 0.2) is 0 Å². The summed E-state index contributed by atoms with van der Waals surface area (Å²) in [5.41, 5.74) is -6.33. The summed E-state index contributed by atoms with van der Waals surface area (Å²) in [6, 6.07) is 0. The summed E-state index contributed by atoms with van der Waals surface area (Å²) in [6.45, 7) is 3.03. The van der Waals surface area contributed by atoms with Crippen molar-refractivity contribution in [2.75, 3.05) is 19.6 Å². The van der Waals surface area contributed by atoms with Crippen molar-refractivity contribution in [3.63, 3.8) is 0 Å². The van der Waals surface area contributed by atoms with Gasteiger partial charge in [-0.05, 0) is 13.1 Å². The Kier molecular flexibility index (Phi) is 7.89.